The summed E-state index contributed by atoms with van der Waals surface area (Å²) in [4.78, 5) is 0. The number of alkyl halides is 24. The molecule has 312 valence electrons. The van der Waals surface area contributed by atoms with E-state index in [2.05, 4.69) is 0 Å². The Morgan fingerprint density at radius 3 is 0.397 bits per heavy atom. The van der Waals surface area contributed by atoms with Gasteiger partial charge in [0.2, 0.25) is 0 Å². The van der Waals surface area contributed by atoms with E-state index < -0.39 is 197 Å². The summed E-state index contributed by atoms with van der Waals surface area (Å²) in [6.45, 7) is 0. The maximum Gasteiger partial charge on any atom is 1.00 e. The summed E-state index contributed by atoms with van der Waals surface area (Å²) in [6, 6.07) is -8.37. The Morgan fingerprint density at radius 2 is 0.310 bits per heavy atom. The van der Waals surface area contributed by atoms with Gasteiger partial charge in [0.1, 0.15) is 0 Å². The van der Waals surface area contributed by atoms with Crippen LogP contribution >= 0.6 is 0 Å². The minimum atomic E-state index is -7.69. The van der Waals surface area contributed by atoms with Crippen molar-refractivity contribution in [2.24, 2.45) is 0 Å². The Balaban J connectivity index is 0.00000900. The zero-order chi connectivity index (χ0) is 43.9. The van der Waals surface area contributed by atoms with Crippen LogP contribution in [-0.4, -0.2) is 13.1 Å². The van der Waals surface area contributed by atoms with E-state index in [0.29, 0.717) is 0 Å². The van der Waals surface area contributed by atoms with Crippen LogP contribution in [0.4, 0.5) is 105 Å². The van der Waals surface area contributed by atoms with Gasteiger partial charge < -0.3 is 0 Å². The van der Waals surface area contributed by atoms with Gasteiger partial charge in [0.25, 0.3) is 13.1 Å². The Morgan fingerprint density at radius 1 is 0.207 bits per heavy atom. The minimum Gasteiger partial charge on any atom is -0.217 e. The van der Waals surface area contributed by atoms with Crippen molar-refractivity contribution in [2.45, 2.75) is 49.4 Å². The van der Waals surface area contributed by atoms with E-state index >= 15 is 0 Å². The molecule has 0 bridgehead atoms. The molecule has 0 fully saturated rings. The minimum absolute atomic E-state index is 0. The predicted octanol–water partition coefficient (Wildman–Crippen LogP) is 8.22. The molecule has 0 unspecified atom stereocenters. The van der Waals surface area contributed by atoms with Crippen molar-refractivity contribution < 1.29 is 124 Å². The van der Waals surface area contributed by atoms with Crippen molar-refractivity contribution in [3.63, 3.8) is 0 Å². The van der Waals surface area contributed by atoms with Crippen LogP contribution in [0, 0.1) is 0 Å². The summed E-state index contributed by atoms with van der Waals surface area (Å²) in [5.41, 5.74) is -21.1. The second kappa shape index (κ2) is 15.1. The fourth-order valence-corrected chi connectivity index (χ4v) is 11.8. The zero-order valence-corrected chi connectivity index (χ0v) is 28.7. The molecule has 0 heterocycles. The Labute approximate surface area is 321 Å². The van der Waals surface area contributed by atoms with Gasteiger partial charge >= 0.3 is 68.3 Å². The van der Waals surface area contributed by atoms with E-state index in [9.17, 15) is 105 Å². The second-order valence-electron chi connectivity index (χ2n) is 12.2. The number of hydrogen-bond acceptors (Lipinski definition) is 0. The van der Waals surface area contributed by atoms with Crippen LogP contribution < -0.4 is 36.6 Å². The molecule has 0 spiro atoms. The van der Waals surface area contributed by atoms with Crippen molar-refractivity contribution in [3.05, 3.63) is 117 Å². The van der Waals surface area contributed by atoms with Crippen molar-refractivity contribution >= 4 is 30.8 Å². The average molecular weight is 886 g/mol. The molecular weight excluding hydrogens is 874 g/mol. The van der Waals surface area contributed by atoms with Gasteiger partial charge in [0.05, 0.1) is 44.5 Å². The third kappa shape index (κ3) is 10.2. The largest absolute Gasteiger partial charge is 1.00 e. The summed E-state index contributed by atoms with van der Waals surface area (Å²) in [6.07, 6.45) is -48.9. The van der Waals surface area contributed by atoms with Crippen molar-refractivity contribution in [3.8, 4) is 0 Å². The fraction of sp³-hybridized carbons (Fsp3) is 0.250. The first-order chi connectivity index (χ1) is 25.3. The molecule has 0 saturated heterocycles. The van der Waals surface area contributed by atoms with Gasteiger partial charge in [0.15, 0.2) is 0 Å². The van der Waals surface area contributed by atoms with E-state index in [1.807, 2.05) is 0 Å². The Bertz CT molecular complexity index is 1700. The number of benzene rings is 4. The van der Waals surface area contributed by atoms with E-state index in [0.717, 1.165) is 0 Å². The SMILES string of the molecule is FC(F)(F)c1cc(C(F)(F)F)c[c]([Al-]([c]2cc(C(F)(F)F)cc(C(F)(F)F)c2)([c]2cc(C(F)(F)F)cc(C(F)(F)F)c2)[c]2cc(C(F)(F)F)cc(C(F)(F)F)c2)c1.[Li+]. The average Bonchev–Trinajstić information content (AvgIpc) is 3.01. The molecule has 0 aromatic heterocycles. The summed E-state index contributed by atoms with van der Waals surface area (Å²) >= 11 is -7.69. The Hall–Kier alpha value is -3.67. The molecule has 0 saturated carbocycles. The van der Waals surface area contributed by atoms with Crippen LogP contribution in [-0.2, 0) is 49.4 Å². The third-order valence-corrected chi connectivity index (χ3v) is 13.8. The second-order valence-corrected chi connectivity index (χ2v) is 16.6. The molecule has 0 atom stereocenters. The first-order valence-corrected chi connectivity index (χ1v) is 16.9. The molecule has 0 aliphatic carbocycles. The molecule has 4 aromatic carbocycles. The van der Waals surface area contributed by atoms with E-state index in [1.54, 1.807) is 0 Å². The van der Waals surface area contributed by atoms with Gasteiger partial charge in [-0.05, 0) is 24.3 Å². The Kier molecular flexibility index (Phi) is 12.7. The molecule has 0 N–H and O–H groups in total. The van der Waals surface area contributed by atoms with Gasteiger partial charge in [0, 0.05) is 0 Å². The number of halogens is 24. The summed E-state index contributed by atoms with van der Waals surface area (Å²) in [5, 5.41) is 0. The number of rotatable bonds is 4. The standard InChI is InChI=1S/4C8H3F6.Al.Li/c4*9-7(10,11)5-2-1-3-6(4-5)8(12,13)14;;/h4*2-4H;;/q;;;;-1;+1. The molecule has 0 amide bonds. The van der Waals surface area contributed by atoms with Crippen LogP contribution in [0.25, 0.3) is 0 Å². The molecule has 58 heavy (non-hydrogen) atoms. The van der Waals surface area contributed by atoms with Crippen LogP contribution in [0.3, 0.4) is 0 Å². The van der Waals surface area contributed by atoms with E-state index in [4.69, 9.17) is 0 Å². The first kappa shape index (κ1) is 48.7. The maximum atomic E-state index is 14.2. The first-order valence-electron chi connectivity index (χ1n) is 14.6. The smallest absolute Gasteiger partial charge is 0.217 e. The number of hydrogen-bond donors (Lipinski definition) is 0. The zero-order valence-electron chi connectivity index (χ0n) is 27.6. The molecule has 0 aliphatic rings. The van der Waals surface area contributed by atoms with Gasteiger partial charge in [-0.1, -0.05) is 48.5 Å². The molecule has 4 rings (SSSR count). The van der Waals surface area contributed by atoms with Crippen LogP contribution in [0.5, 0.6) is 0 Å². The molecule has 0 aliphatic heterocycles. The molecule has 0 radical (unpaired) electrons. The van der Waals surface area contributed by atoms with E-state index in [1.165, 1.54) is 0 Å². The van der Waals surface area contributed by atoms with Gasteiger partial charge in [-0.3, -0.25) is 0 Å². The van der Waals surface area contributed by atoms with Crippen molar-refractivity contribution in [1.29, 1.82) is 0 Å². The quantitative estimate of drug-likeness (QED) is 0.143. The van der Waals surface area contributed by atoms with Crippen LogP contribution in [0.15, 0.2) is 72.8 Å². The summed E-state index contributed by atoms with van der Waals surface area (Å²) in [5.74, 6) is 0. The predicted molar refractivity (Wildman–Crippen MR) is 150 cm³/mol. The summed E-state index contributed by atoms with van der Waals surface area (Å²) in [7, 11) is 0. The van der Waals surface area contributed by atoms with E-state index in [-0.39, 0.29) is 18.9 Å². The maximum absolute atomic E-state index is 14.2. The van der Waals surface area contributed by atoms with Crippen LogP contribution in [0.2, 0.25) is 0 Å². The van der Waals surface area contributed by atoms with Gasteiger partial charge in [-0.2, -0.15) is 105 Å². The normalized spacial score (nSPS) is 14.1. The van der Waals surface area contributed by atoms with Crippen LogP contribution in [0.1, 0.15) is 44.5 Å². The monoisotopic (exact) mass is 886 g/mol. The third-order valence-electron chi connectivity index (χ3n) is 8.44. The molecular formula is C32H12AlF24Li. The van der Waals surface area contributed by atoms with Gasteiger partial charge in [-0.25, -0.2) is 17.7 Å². The topological polar surface area (TPSA) is 0 Å². The molecule has 4 aromatic rings. The van der Waals surface area contributed by atoms with Gasteiger partial charge in [-0.15, -0.1) is 0 Å². The van der Waals surface area contributed by atoms with Crippen molar-refractivity contribution in [2.75, 3.05) is 0 Å². The molecule has 0 nitrogen and oxygen atoms in total. The fourth-order valence-electron chi connectivity index (χ4n) is 6.07. The van der Waals surface area contributed by atoms with Crippen molar-refractivity contribution in [1.82, 2.24) is 0 Å². The molecule has 26 heteroatoms. The summed E-state index contributed by atoms with van der Waals surface area (Å²) < 4.78 is 333.